The van der Waals surface area contributed by atoms with Gasteiger partial charge in [0, 0.05) is 38.7 Å². The van der Waals surface area contributed by atoms with Crippen molar-refractivity contribution in [1.29, 1.82) is 0 Å². The number of rotatable bonds is 4. The third-order valence-corrected chi connectivity index (χ3v) is 5.06. The van der Waals surface area contributed by atoms with Crippen LogP contribution in [0.5, 0.6) is 0 Å². The van der Waals surface area contributed by atoms with Crippen LogP contribution in [-0.2, 0) is 23.1 Å². The van der Waals surface area contributed by atoms with Crippen LogP contribution in [0.3, 0.4) is 0 Å². The fraction of sp³-hybridized carbons (Fsp3) is 0.474. The Balaban J connectivity index is 1.32. The van der Waals surface area contributed by atoms with Crippen LogP contribution in [0.2, 0.25) is 0 Å². The number of hydrogen-bond donors (Lipinski definition) is 0. The maximum atomic E-state index is 12.5. The van der Waals surface area contributed by atoms with Crippen molar-refractivity contribution >= 4 is 5.91 Å². The fourth-order valence-corrected chi connectivity index (χ4v) is 3.68. The van der Waals surface area contributed by atoms with Crippen molar-refractivity contribution < 1.29 is 14.3 Å². The van der Waals surface area contributed by atoms with E-state index in [1.165, 1.54) is 0 Å². The highest BCUT2D eigenvalue weighted by Gasteiger charge is 2.49. The molecule has 2 aliphatic rings. The summed E-state index contributed by atoms with van der Waals surface area (Å²) in [7, 11) is 1.89. The second-order valence-corrected chi connectivity index (χ2v) is 6.98. The zero-order valence-electron chi connectivity index (χ0n) is 14.4. The van der Waals surface area contributed by atoms with Crippen molar-refractivity contribution in [3.05, 3.63) is 54.1 Å². The number of nitrogens with zero attached hydrogens (tertiary/aromatic N) is 3. The zero-order valence-corrected chi connectivity index (χ0v) is 14.4. The smallest absolute Gasteiger partial charge is 0.270 e. The van der Waals surface area contributed by atoms with E-state index in [2.05, 4.69) is 4.98 Å². The first-order chi connectivity index (χ1) is 12.2. The van der Waals surface area contributed by atoms with E-state index >= 15 is 0 Å². The van der Waals surface area contributed by atoms with Gasteiger partial charge in [-0.05, 0) is 30.2 Å². The van der Waals surface area contributed by atoms with E-state index in [4.69, 9.17) is 9.47 Å². The molecule has 2 fully saturated rings. The molecular formula is C19H23N3O3. The molecule has 25 heavy (non-hydrogen) atoms. The Kier molecular flexibility index (Phi) is 4.31. The monoisotopic (exact) mass is 341 g/mol. The van der Waals surface area contributed by atoms with E-state index in [9.17, 15) is 4.79 Å². The molecule has 1 amide bonds. The molecule has 2 aromatic rings. The molecular weight excluding hydrogens is 318 g/mol. The Morgan fingerprint density at radius 1 is 1.40 bits per heavy atom. The molecule has 2 aliphatic heterocycles. The van der Waals surface area contributed by atoms with Gasteiger partial charge in [0.25, 0.3) is 5.91 Å². The molecule has 6 heteroatoms. The summed E-state index contributed by atoms with van der Waals surface area (Å²) in [6.45, 7) is 2.54. The summed E-state index contributed by atoms with van der Waals surface area (Å²) < 4.78 is 13.9. The van der Waals surface area contributed by atoms with Crippen molar-refractivity contribution in [2.45, 2.75) is 31.2 Å². The maximum Gasteiger partial charge on any atom is 0.270 e. The van der Waals surface area contributed by atoms with E-state index in [-0.39, 0.29) is 17.6 Å². The van der Waals surface area contributed by atoms with Crippen LogP contribution in [0, 0.1) is 0 Å². The molecule has 4 heterocycles. The van der Waals surface area contributed by atoms with Gasteiger partial charge in [-0.15, -0.1) is 0 Å². The van der Waals surface area contributed by atoms with Gasteiger partial charge in [-0.3, -0.25) is 9.78 Å². The fourth-order valence-electron chi connectivity index (χ4n) is 3.68. The van der Waals surface area contributed by atoms with Crippen LogP contribution in [-0.4, -0.2) is 51.8 Å². The lowest BCUT2D eigenvalue weighted by molar-refractivity contribution is -0.188. The zero-order chi connectivity index (χ0) is 17.3. The molecule has 6 nitrogen and oxygen atoms in total. The highest BCUT2D eigenvalue weighted by atomic mass is 16.5. The molecule has 0 bridgehead atoms. The molecule has 2 aromatic heterocycles. The highest BCUT2D eigenvalue weighted by molar-refractivity contribution is 5.93. The van der Waals surface area contributed by atoms with Crippen molar-refractivity contribution in [2.75, 3.05) is 19.7 Å². The Morgan fingerprint density at radius 3 is 3.00 bits per heavy atom. The number of ether oxygens (including phenoxy) is 2. The maximum absolute atomic E-state index is 12.5. The van der Waals surface area contributed by atoms with Crippen LogP contribution < -0.4 is 0 Å². The van der Waals surface area contributed by atoms with E-state index in [1.54, 1.807) is 6.20 Å². The average molecular weight is 341 g/mol. The summed E-state index contributed by atoms with van der Waals surface area (Å²) in [5.74, 6) is 0.0696. The van der Waals surface area contributed by atoms with Crippen molar-refractivity contribution in [1.82, 2.24) is 14.5 Å². The SMILES string of the molecule is Cn1cccc1C(=O)N1CC2(CC(OCc3cccnc3)CCO2)C1. The summed E-state index contributed by atoms with van der Waals surface area (Å²) in [5, 5.41) is 0. The van der Waals surface area contributed by atoms with E-state index < -0.39 is 0 Å². The van der Waals surface area contributed by atoms with Gasteiger partial charge >= 0.3 is 0 Å². The van der Waals surface area contributed by atoms with Crippen LogP contribution in [0.25, 0.3) is 0 Å². The quantitative estimate of drug-likeness (QED) is 0.854. The lowest BCUT2D eigenvalue weighted by Gasteiger charge is -2.52. The van der Waals surface area contributed by atoms with E-state index in [0.29, 0.717) is 26.3 Å². The number of carbonyl (C=O) groups is 1. The summed E-state index contributed by atoms with van der Waals surface area (Å²) in [6, 6.07) is 7.69. The normalized spacial score (nSPS) is 22.0. The summed E-state index contributed by atoms with van der Waals surface area (Å²) >= 11 is 0. The predicted octanol–water partition coefficient (Wildman–Crippen LogP) is 2.01. The Bertz CT molecular complexity index is 737. The van der Waals surface area contributed by atoms with Gasteiger partial charge in [0.15, 0.2) is 0 Å². The first kappa shape index (κ1) is 16.3. The third kappa shape index (κ3) is 3.32. The Labute approximate surface area is 147 Å². The van der Waals surface area contributed by atoms with Crippen LogP contribution in [0.15, 0.2) is 42.9 Å². The minimum atomic E-state index is -0.237. The van der Waals surface area contributed by atoms with Gasteiger partial charge in [-0.1, -0.05) is 6.07 Å². The number of likely N-dealkylation sites (tertiary alicyclic amines) is 1. The topological polar surface area (TPSA) is 56.6 Å². The second kappa shape index (κ2) is 6.61. The Hall–Kier alpha value is -2.18. The van der Waals surface area contributed by atoms with Gasteiger partial charge in [-0.2, -0.15) is 0 Å². The van der Waals surface area contributed by atoms with Crippen molar-refractivity contribution in [3.8, 4) is 0 Å². The third-order valence-electron chi connectivity index (χ3n) is 5.06. The van der Waals surface area contributed by atoms with E-state index in [0.717, 1.165) is 24.1 Å². The molecule has 2 saturated heterocycles. The number of hydrogen-bond acceptors (Lipinski definition) is 4. The largest absolute Gasteiger partial charge is 0.373 e. The molecule has 0 N–H and O–H groups in total. The van der Waals surface area contributed by atoms with Gasteiger partial charge in [0.1, 0.15) is 11.3 Å². The van der Waals surface area contributed by atoms with E-state index in [1.807, 2.05) is 53.2 Å². The molecule has 0 aromatic carbocycles. The van der Waals surface area contributed by atoms with Gasteiger partial charge in [-0.25, -0.2) is 0 Å². The molecule has 0 saturated carbocycles. The molecule has 1 atom stereocenters. The number of aryl methyl sites for hydroxylation is 1. The van der Waals surface area contributed by atoms with Gasteiger partial charge in [0.05, 0.1) is 25.8 Å². The summed E-state index contributed by atoms with van der Waals surface area (Å²) in [4.78, 5) is 18.5. The van der Waals surface area contributed by atoms with Gasteiger partial charge < -0.3 is 18.9 Å². The summed E-state index contributed by atoms with van der Waals surface area (Å²) in [6.07, 6.45) is 7.39. The number of carbonyl (C=O) groups excluding carboxylic acids is 1. The first-order valence-electron chi connectivity index (χ1n) is 8.70. The predicted molar refractivity (Wildman–Crippen MR) is 92.0 cm³/mol. The molecule has 1 spiro atoms. The number of pyridine rings is 1. The van der Waals surface area contributed by atoms with Crippen molar-refractivity contribution in [3.63, 3.8) is 0 Å². The van der Waals surface area contributed by atoms with Crippen LogP contribution in [0.4, 0.5) is 0 Å². The molecule has 0 radical (unpaired) electrons. The molecule has 4 rings (SSSR count). The lowest BCUT2D eigenvalue weighted by Crippen LogP contribution is -2.67. The Morgan fingerprint density at radius 2 is 2.28 bits per heavy atom. The summed E-state index contributed by atoms with van der Waals surface area (Å²) in [5.41, 5.74) is 1.56. The molecule has 132 valence electrons. The van der Waals surface area contributed by atoms with Crippen LogP contribution >= 0.6 is 0 Å². The molecule has 1 unspecified atom stereocenters. The van der Waals surface area contributed by atoms with Crippen LogP contribution in [0.1, 0.15) is 28.9 Å². The standard InChI is InChI=1S/C19H23N3O3/c1-21-8-3-5-17(21)18(23)22-13-19(14-22)10-16(6-9-25-19)24-12-15-4-2-7-20-11-15/h2-5,7-8,11,16H,6,9-10,12-14H2,1H3. The number of amides is 1. The average Bonchev–Trinajstić information content (AvgIpc) is 3.04. The van der Waals surface area contributed by atoms with Crippen molar-refractivity contribution in [2.24, 2.45) is 7.05 Å². The second-order valence-electron chi connectivity index (χ2n) is 6.98. The lowest BCUT2D eigenvalue weighted by atomic mass is 9.84. The first-order valence-corrected chi connectivity index (χ1v) is 8.70. The van der Waals surface area contributed by atoms with Gasteiger partial charge in [0.2, 0.25) is 0 Å². The molecule has 0 aliphatic carbocycles. The highest BCUT2D eigenvalue weighted by Crippen LogP contribution is 2.36. The minimum Gasteiger partial charge on any atom is -0.373 e. The number of aromatic nitrogens is 2. The minimum absolute atomic E-state index is 0.0696.